The Morgan fingerprint density at radius 1 is 1.20 bits per heavy atom. The first-order valence-corrected chi connectivity index (χ1v) is 7.79. The summed E-state index contributed by atoms with van der Waals surface area (Å²) in [5.74, 6) is 0. The largest absolute Gasteiger partial charge is 0.311 e. The Morgan fingerprint density at radius 3 is 2.75 bits per heavy atom. The fraction of sp³-hybridized carbons (Fsp3) is 0.588. The van der Waals surface area contributed by atoms with Gasteiger partial charge in [-0.2, -0.15) is 5.10 Å². The topological polar surface area (TPSA) is 29.9 Å². The third-order valence-electron chi connectivity index (χ3n) is 4.74. The van der Waals surface area contributed by atoms with Gasteiger partial charge in [0.05, 0.1) is 11.2 Å². The molecule has 0 aliphatic heterocycles. The molecule has 1 aliphatic rings. The molecule has 2 aromatic rings. The summed E-state index contributed by atoms with van der Waals surface area (Å²) >= 11 is 0. The van der Waals surface area contributed by atoms with Crippen LogP contribution in [0.2, 0.25) is 0 Å². The van der Waals surface area contributed by atoms with E-state index in [1.54, 1.807) is 0 Å². The maximum absolute atomic E-state index is 4.65. The minimum Gasteiger partial charge on any atom is -0.311 e. The van der Waals surface area contributed by atoms with Crippen LogP contribution in [0.15, 0.2) is 24.3 Å². The number of para-hydroxylation sites is 1. The van der Waals surface area contributed by atoms with Crippen molar-refractivity contribution in [2.24, 2.45) is 12.5 Å². The van der Waals surface area contributed by atoms with Crippen LogP contribution in [-0.2, 0) is 13.6 Å². The summed E-state index contributed by atoms with van der Waals surface area (Å²) < 4.78 is 1.98. The fourth-order valence-electron chi connectivity index (χ4n) is 3.48. The van der Waals surface area contributed by atoms with Gasteiger partial charge in [-0.25, -0.2) is 0 Å². The zero-order valence-electron chi connectivity index (χ0n) is 12.7. The highest BCUT2D eigenvalue weighted by atomic mass is 15.3. The van der Waals surface area contributed by atoms with Crippen LogP contribution in [0.3, 0.4) is 0 Å². The van der Waals surface area contributed by atoms with E-state index in [0.29, 0.717) is 5.41 Å². The Hall–Kier alpha value is -1.35. The van der Waals surface area contributed by atoms with Crippen molar-refractivity contribution in [3.8, 4) is 0 Å². The van der Waals surface area contributed by atoms with Crippen molar-refractivity contribution in [1.29, 1.82) is 0 Å². The number of nitrogens with zero attached hydrogens (tertiary/aromatic N) is 2. The molecule has 1 aliphatic carbocycles. The molecule has 1 aromatic heterocycles. The number of fused-ring (bicyclic) bond motifs is 1. The predicted molar refractivity (Wildman–Crippen MR) is 83.6 cm³/mol. The van der Waals surface area contributed by atoms with Crippen molar-refractivity contribution in [2.45, 2.75) is 45.6 Å². The number of nitrogens with one attached hydrogen (secondary N) is 1. The summed E-state index contributed by atoms with van der Waals surface area (Å²) in [6.07, 6.45) is 6.93. The molecule has 1 fully saturated rings. The van der Waals surface area contributed by atoms with Crippen molar-refractivity contribution >= 4 is 10.9 Å². The average molecular weight is 271 g/mol. The molecule has 0 amide bonds. The van der Waals surface area contributed by atoms with E-state index < -0.39 is 0 Å². The van der Waals surface area contributed by atoms with E-state index >= 15 is 0 Å². The maximum atomic E-state index is 4.65. The smallest absolute Gasteiger partial charge is 0.0841 e. The number of aromatic nitrogens is 2. The lowest BCUT2D eigenvalue weighted by molar-refractivity contribution is 0.207. The molecule has 0 bridgehead atoms. The summed E-state index contributed by atoms with van der Waals surface area (Å²) in [6, 6.07) is 8.47. The highest BCUT2D eigenvalue weighted by Gasteiger charge is 2.26. The molecule has 3 rings (SSSR count). The van der Waals surface area contributed by atoms with Crippen molar-refractivity contribution in [3.63, 3.8) is 0 Å². The van der Waals surface area contributed by atoms with Crippen LogP contribution < -0.4 is 5.32 Å². The van der Waals surface area contributed by atoms with Crippen molar-refractivity contribution in [2.75, 3.05) is 6.54 Å². The van der Waals surface area contributed by atoms with Gasteiger partial charge in [-0.1, -0.05) is 44.4 Å². The fourth-order valence-corrected chi connectivity index (χ4v) is 3.48. The highest BCUT2D eigenvalue weighted by Crippen LogP contribution is 2.35. The Labute approximate surface area is 121 Å². The van der Waals surface area contributed by atoms with Crippen molar-refractivity contribution < 1.29 is 0 Å². The van der Waals surface area contributed by atoms with Gasteiger partial charge in [-0.3, -0.25) is 4.68 Å². The number of aryl methyl sites for hydroxylation is 1. The first kappa shape index (κ1) is 13.6. The van der Waals surface area contributed by atoms with Gasteiger partial charge in [-0.15, -0.1) is 0 Å². The Morgan fingerprint density at radius 2 is 1.95 bits per heavy atom. The molecule has 3 heteroatoms. The van der Waals surface area contributed by atoms with Crippen LogP contribution in [0.4, 0.5) is 0 Å². The van der Waals surface area contributed by atoms with E-state index in [2.05, 4.69) is 41.6 Å². The van der Waals surface area contributed by atoms with Crippen LogP contribution in [-0.4, -0.2) is 16.3 Å². The second-order valence-corrected chi connectivity index (χ2v) is 6.56. The quantitative estimate of drug-likeness (QED) is 0.920. The molecule has 1 aromatic carbocycles. The van der Waals surface area contributed by atoms with Crippen LogP contribution in [0.5, 0.6) is 0 Å². The second-order valence-electron chi connectivity index (χ2n) is 6.56. The summed E-state index contributed by atoms with van der Waals surface area (Å²) in [4.78, 5) is 0. The molecule has 0 radical (unpaired) electrons. The standard InChI is InChI=1S/C17H25N3/c1-17(10-6-3-7-11-17)13-18-12-15-14-8-4-5-9-16(14)20(2)19-15/h4-5,8-9,18H,3,6-7,10-13H2,1-2H3. The molecule has 0 unspecified atom stereocenters. The van der Waals surface area contributed by atoms with Crippen molar-refractivity contribution in [3.05, 3.63) is 30.0 Å². The molecule has 20 heavy (non-hydrogen) atoms. The van der Waals surface area contributed by atoms with Crippen LogP contribution in [0.1, 0.15) is 44.7 Å². The Bertz CT molecular complexity index is 579. The third kappa shape index (κ3) is 2.73. The van der Waals surface area contributed by atoms with Gasteiger partial charge < -0.3 is 5.32 Å². The van der Waals surface area contributed by atoms with Crippen molar-refractivity contribution in [1.82, 2.24) is 15.1 Å². The lowest BCUT2D eigenvalue weighted by Crippen LogP contribution is -2.33. The molecule has 1 heterocycles. The monoisotopic (exact) mass is 271 g/mol. The summed E-state index contributed by atoms with van der Waals surface area (Å²) in [5.41, 5.74) is 2.87. The van der Waals surface area contributed by atoms with E-state index in [1.165, 1.54) is 48.7 Å². The highest BCUT2D eigenvalue weighted by molar-refractivity contribution is 5.81. The molecular weight excluding hydrogens is 246 g/mol. The van der Waals surface area contributed by atoms with Crippen LogP contribution in [0, 0.1) is 5.41 Å². The lowest BCUT2D eigenvalue weighted by atomic mass is 9.76. The molecule has 1 N–H and O–H groups in total. The van der Waals surface area contributed by atoms with Gasteiger partial charge in [0.2, 0.25) is 0 Å². The number of hydrogen-bond acceptors (Lipinski definition) is 2. The summed E-state index contributed by atoms with van der Waals surface area (Å²) in [7, 11) is 2.02. The molecule has 0 atom stereocenters. The van der Waals surface area contributed by atoms with Gasteiger partial charge in [0.25, 0.3) is 0 Å². The van der Waals surface area contributed by atoms with Gasteiger partial charge in [0.15, 0.2) is 0 Å². The molecule has 108 valence electrons. The van der Waals surface area contributed by atoms with E-state index in [9.17, 15) is 0 Å². The van der Waals surface area contributed by atoms with E-state index in [4.69, 9.17) is 0 Å². The Kier molecular flexibility index (Phi) is 3.79. The van der Waals surface area contributed by atoms with E-state index in [0.717, 1.165) is 13.1 Å². The average Bonchev–Trinajstić information content (AvgIpc) is 2.77. The Balaban J connectivity index is 1.65. The third-order valence-corrected chi connectivity index (χ3v) is 4.74. The molecule has 0 saturated heterocycles. The number of rotatable bonds is 4. The molecule has 0 spiro atoms. The first-order chi connectivity index (χ1) is 9.68. The minimum absolute atomic E-state index is 0.489. The van der Waals surface area contributed by atoms with E-state index in [-0.39, 0.29) is 0 Å². The summed E-state index contributed by atoms with van der Waals surface area (Å²) in [6.45, 7) is 4.41. The number of hydrogen-bond donors (Lipinski definition) is 1. The maximum Gasteiger partial charge on any atom is 0.0841 e. The zero-order valence-corrected chi connectivity index (χ0v) is 12.7. The SMILES string of the molecule is Cn1nc(CNCC2(C)CCCCC2)c2ccccc21. The number of benzene rings is 1. The van der Waals surface area contributed by atoms with Gasteiger partial charge in [-0.05, 0) is 24.3 Å². The van der Waals surface area contributed by atoms with E-state index in [1.807, 2.05) is 11.7 Å². The normalized spacial score (nSPS) is 18.5. The zero-order chi connectivity index (χ0) is 14.0. The van der Waals surface area contributed by atoms with Gasteiger partial charge in [0, 0.05) is 25.5 Å². The molecular formula is C17H25N3. The van der Waals surface area contributed by atoms with Gasteiger partial charge >= 0.3 is 0 Å². The first-order valence-electron chi connectivity index (χ1n) is 7.79. The van der Waals surface area contributed by atoms with Gasteiger partial charge in [0.1, 0.15) is 0 Å². The molecule has 1 saturated carbocycles. The molecule has 3 nitrogen and oxygen atoms in total. The summed E-state index contributed by atoms with van der Waals surface area (Å²) in [5, 5.41) is 9.57. The van der Waals surface area contributed by atoms with Crippen LogP contribution in [0.25, 0.3) is 10.9 Å². The van der Waals surface area contributed by atoms with Crippen LogP contribution >= 0.6 is 0 Å². The predicted octanol–water partition coefficient (Wildman–Crippen LogP) is 3.63. The lowest BCUT2D eigenvalue weighted by Gasteiger charge is -2.33. The minimum atomic E-state index is 0.489. The second kappa shape index (κ2) is 5.57.